The summed E-state index contributed by atoms with van der Waals surface area (Å²) in [5.74, 6) is -0.659. The fourth-order valence-corrected chi connectivity index (χ4v) is 3.06. The van der Waals surface area contributed by atoms with Gasteiger partial charge in [0.2, 0.25) is 0 Å². The number of aromatic nitrogens is 3. The number of nitrogens with zero attached hydrogens (tertiary/aromatic N) is 2. The number of nitrogens with one attached hydrogen (secondary N) is 2. The van der Waals surface area contributed by atoms with Gasteiger partial charge in [0, 0.05) is 18.8 Å². The Hall–Kier alpha value is -3.09. The molecule has 0 aliphatic rings. The molecule has 26 heavy (non-hydrogen) atoms. The van der Waals surface area contributed by atoms with Crippen LogP contribution >= 0.6 is 0 Å². The van der Waals surface area contributed by atoms with E-state index in [2.05, 4.69) is 15.3 Å². The third kappa shape index (κ3) is 3.33. The topological polar surface area (TPSA) is 89.0 Å². The Bertz CT molecular complexity index is 955. The largest absolute Gasteiger partial charge is 0.461 e. The second-order valence-corrected chi connectivity index (χ2v) is 6.03. The van der Waals surface area contributed by atoms with Crippen LogP contribution in [0, 0.1) is 13.8 Å². The highest BCUT2D eigenvalue weighted by atomic mass is 16.5. The van der Waals surface area contributed by atoms with Crippen LogP contribution in [-0.2, 0) is 11.3 Å². The minimum Gasteiger partial charge on any atom is -0.461 e. The number of rotatable bonds is 6. The van der Waals surface area contributed by atoms with Crippen LogP contribution in [0.5, 0.6) is 0 Å². The average molecular weight is 354 g/mol. The lowest BCUT2D eigenvalue weighted by Gasteiger charge is -2.08. The van der Waals surface area contributed by atoms with Gasteiger partial charge in [0.1, 0.15) is 5.69 Å². The molecule has 0 fully saturated rings. The number of amides is 1. The van der Waals surface area contributed by atoms with Crippen molar-refractivity contribution in [1.29, 1.82) is 0 Å². The normalized spacial score (nSPS) is 10.9. The maximum absolute atomic E-state index is 12.6. The third-order valence-corrected chi connectivity index (χ3v) is 4.31. The second-order valence-electron chi connectivity index (χ2n) is 6.03. The zero-order valence-corrected chi connectivity index (χ0v) is 15.1. The van der Waals surface area contributed by atoms with Crippen molar-refractivity contribution < 1.29 is 14.3 Å². The van der Waals surface area contributed by atoms with Gasteiger partial charge < -0.3 is 19.6 Å². The third-order valence-electron chi connectivity index (χ3n) is 4.31. The van der Waals surface area contributed by atoms with Gasteiger partial charge >= 0.3 is 5.97 Å². The Morgan fingerprint density at radius 3 is 2.81 bits per heavy atom. The second kappa shape index (κ2) is 7.43. The number of fused-ring (bicyclic) bond motifs is 1. The SMILES string of the molecule is CCOC(=O)c1[nH]c(C)c(C(=O)NCCn2cnc3ccccc32)c1C. The molecule has 3 rings (SSSR count). The Morgan fingerprint density at radius 2 is 2.04 bits per heavy atom. The number of aryl methyl sites for hydroxylation is 1. The number of carbonyl (C=O) groups is 2. The molecule has 1 amide bonds. The lowest BCUT2D eigenvalue weighted by Crippen LogP contribution is -2.28. The summed E-state index contributed by atoms with van der Waals surface area (Å²) in [7, 11) is 0. The molecule has 0 spiro atoms. The summed E-state index contributed by atoms with van der Waals surface area (Å²) in [5, 5.41) is 2.91. The van der Waals surface area contributed by atoms with E-state index in [1.165, 1.54) is 0 Å². The van der Waals surface area contributed by atoms with Gasteiger partial charge in [-0.25, -0.2) is 9.78 Å². The smallest absolute Gasteiger partial charge is 0.355 e. The van der Waals surface area contributed by atoms with Gasteiger partial charge in [0.25, 0.3) is 5.91 Å². The molecule has 0 radical (unpaired) electrons. The average Bonchev–Trinajstić information content (AvgIpc) is 3.16. The van der Waals surface area contributed by atoms with Crippen molar-refractivity contribution in [3.05, 3.63) is 53.1 Å². The molecule has 0 saturated heterocycles. The summed E-state index contributed by atoms with van der Waals surface area (Å²) in [5.41, 5.74) is 4.02. The predicted octanol–water partition coefficient (Wildman–Crippen LogP) is 2.59. The predicted molar refractivity (Wildman–Crippen MR) is 98.3 cm³/mol. The van der Waals surface area contributed by atoms with Crippen molar-refractivity contribution in [3.63, 3.8) is 0 Å². The van der Waals surface area contributed by atoms with E-state index in [4.69, 9.17) is 4.74 Å². The van der Waals surface area contributed by atoms with Gasteiger partial charge in [-0.15, -0.1) is 0 Å². The van der Waals surface area contributed by atoms with Crippen molar-refractivity contribution in [2.24, 2.45) is 0 Å². The van der Waals surface area contributed by atoms with E-state index in [0.29, 0.717) is 35.6 Å². The molecule has 136 valence electrons. The van der Waals surface area contributed by atoms with Crippen molar-refractivity contribution in [3.8, 4) is 0 Å². The number of benzene rings is 1. The van der Waals surface area contributed by atoms with Gasteiger partial charge in [-0.3, -0.25) is 4.79 Å². The number of para-hydroxylation sites is 2. The quantitative estimate of drug-likeness (QED) is 0.666. The van der Waals surface area contributed by atoms with Gasteiger partial charge in [-0.1, -0.05) is 12.1 Å². The molecule has 0 atom stereocenters. The molecule has 0 aliphatic carbocycles. The molecule has 0 unspecified atom stereocenters. The van der Waals surface area contributed by atoms with Crippen LogP contribution in [0.1, 0.15) is 39.0 Å². The summed E-state index contributed by atoms with van der Waals surface area (Å²) < 4.78 is 7.01. The van der Waals surface area contributed by atoms with E-state index < -0.39 is 5.97 Å². The molecular formula is C19H22N4O3. The van der Waals surface area contributed by atoms with Gasteiger partial charge in [-0.2, -0.15) is 0 Å². The Kier molecular flexibility index (Phi) is 5.06. The maximum Gasteiger partial charge on any atom is 0.355 e. The van der Waals surface area contributed by atoms with Crippen LogP contribution in [0.3, 0.4) is 0 Å². The van der Waals surface area contributed by atoms with Crippen LogP contribution in [0.15, 0.2) is 30.6 Å². The molecule has 0 aliphatic heterocycles. The Balaban J connectivity index is 1.68. The van der Waals surface area contributed by atoms with E-state index in [1.54, 1.807) is 27.1 Å². The van der Waals surface area contributed by atoms with Crippen molar-refractivity contribution in [2.45, 2.75) is 27.3 Å². The molecule has 2 aromatic heterocycles. The van der Waals surface area contributed by atoms with Crippen molar-refractivity contribution in [1.82, 2.24) is 19.9 Å². The van der Waals surface area contributed by atoms with E-state index in [9.17, 15) is 9.59 Å². The summed E-state index contributed by atoms with van der Waals surface area (Å²) in [4.78, 5) is 31.8. The minimum absolute atomic E-state index is 0.212. The molecule has 0 bridgehead atoms. The van der Waals surface area contributed by atoms with E-state index in [1.807, 2.05) is 28.8 Å². The van der Waals surface area contributed by atoms with Crippen LogP contribution in [0.4, 0.5) is 0 Å². The van der Waals surface area contributed by atoms with Gasteiger partial charge in [0.15, 0.2) is 0 Å². The molecular weight excluding hydrogens is 332 g/mol. The summed E-state index contributed by atoms with van der Waals surface area (Å²) in [6.45, 7) is 6.62. The zero-order chi connectivity index (χ0) is 18.7. The number of hydrogen-bond donors (Lipinski definition) is 2. The Morgan fingerprint density at radius 1 is 1.27 bits per heavy atom. The Labute approximate surface area is 151 Å². The number of carbonyl (C=O) groups excluding carboxylic acids is 2. The number of esters is 1. The van der Waals surface area contributed by atoms with Gasteiger partial charge in [0.05, 0.1) is 29.5 Å². The first-order valence-electron chi connectivity index (χ1n) is 8.57. The van der Waals surface area contributed by atoms with Crippen LogP contribution in [-0.4, -0.2) is 39.6 Å². The standard InChI is InChI=1S/C19H22N4O3/c1-4-26-19(25)17-12(2)16(13(3)22-17)18(24)20-9-10-23-11-21-14-7-5-6-8-15(14)23/h5-8,11,22H,4,9-10H2,1-3H3,(H,20,24). The first-order valence-corrected chi connectivity index (χ1v) is 8.57. The zero-order valence-electron chi connectivity index (χ0n) is 15.1. The van der Waals surface area contributed by atoms with E-state index in [-0.39, 0.29) is 12.5 Å². The van der Waals surface area contributed by atoms with Crippen LogP contribution in [0.2, 0.25) is 0 Å². The number of ether oxygens (including phenoxy) is 1. The lowest BCUT2D eigenvalue weighted by atomic mass is 10.1. The molecule has 0 saturated carbocycles. The number of H-pyrrole nitrogens is 1. The fraction of sp³-hybridized carbons (Fsp3) is 0.316. The molecule has 3 aromatic rings. The van der Waals surface area contributed by atoms with Gasteiger partial charge in [-0.05, 0) is 38.5 Å². The van der Waals surface area contributed by atoms with E-state index in [0.717, 1.165) is 11.0 Å². The number of aromatic amines is 1. The van der Waals surface area contributed by atoms with Crippen LogP contribution in [0.25, 0.3) is 11.0 Å². The van der Waals surface area contributed by atoms with Crippen LogP contribution < -0.4 is 5.32 Å². The monoisotopic (exact) mass is 354 g/mol. The van der Waals surface area contributed by atoms with Crippen molar-refractivity contribution in [2.75, 3.05) is 13.2 Å². The summed E-state index contributed by atoms with van der Waals surface area (Å²) in [6.07, 6.45) is 1.77. The fourth-order valence-electron chi connectivity index (χ4n) is 3.06. The molecule has 1 aromatic carbocycles. The first-order chi connectivity index (χ1) is 12.5. The highest BCUT2D eigenvalue weighted by Crippen LogP contribution is 2.19. The molecule has 7 heteroatoms. The lowest BCUT2D eigenvalue weighted by molar-refractivity contribution is 0.0519. The summed E-state index contributed by atoms with van der Waals surface area (Å²) in [6, 6.07) is 7.85. The highest BCUT2D eigenvalue weighted by Gasteiger charge is 2.22. The molecule has 2 heterocycles. The number of hydrogen-bond acceptors (Lipinski definition) is 4. The summed E-state index contributed by atoms with van der Waals surface area (Å²) >= 11 is 0. The maximum atomic E-state index is 12.6. The highest BCUT2D eigenvalue weighted by molar-refractivity contribution is 6.01. The number of imidazole rings is 1. The molecule has 7 nitrogen and oxygen atoms in total. The van der Waals surface area contributed by atoms with Crippen molar-refractivity contribution >= 4 is 22.9 Å². The first kappa shape index (κ1) is 17.7. The minimum atomic E-state index is -0.447. The molecule has 2 N–H and O–H groups in total. The van der Waals surface area contributed by atoms with E-state index >= 15 is 0 Å².